The van der Waals surface area contributed by atoms with Crippen molar-refractivity contribution in [1.29, 1.82) is 0 Å². The molecule has 1 aromatic carbocycles. The van der Waals surface area contributed by atoms with E-state index in [9.17, 15) is 14.4 Å². The van der Waals surface area contributed by atoms with Gasteiger partial charge in [-0.2, -0.15) is 0 Å². The van der Waals surface area contributed by atoms with Gasteiger partial charge < -0.3 is 14.0 Å². The van der Waals surface area contributed by atoms with Crippen LogP contribution in [0.5, 0.6) is 5.75 Å². The summed E-state index contributed by atoms with van der Waals surface area (Å²) in [6.07, 6.45) is 0.732. The van der Waals surface area contributed by atoms with Crippen molar-refractivity contribution in [3.05, 3.63) is 52.3 Å². The number of ketones is 2. The molecular weight excluding hydrogens is 334 g/mol. The number of methoxy groups -OCH3 is 2. The van der Waals surface area contributed by atoms with Gasteiger partial charge in [0.25, 0.3) is 0 Å². The van der Waals surface area contributed by atoms with Crippen LogP contribution in [0.2, 0.25) is 0 Å². The quantitative estimate of drug-likeness (QED) is 0.658. The smallest absolute Gasteiger partial charge is 0.305 e. The monoisotopic (exact) mass is 355 g/mol. The number of carbonyl (C=O) groups is 3. The van der Waals surface area contributed by atoms with Crippen LogP contribution in [0.1, 0.15) is 51.0 Å². The number of hydrogen-bond donors (Lipinski definition) is 0. The van der Waals surface area contributed by atoms with Crippen molar-refractivity contribution in [1.82, 2.24) is 4.57 Å². The number of hydrogen-bond acceptors (Lipinski definition) is 5. The minimum atomic E-state index is -0.296. The third-order valence-electron chi connectivity index (χ3n) is 4.81. The Morgan fingerprint density at radius 2 is 1.73 bits per heavy atom. The largest absolute Gasteiger partial charge is 0.494 e. The highest BCUT2D eigenvalue weighted by Crippen LogP contribution is 2.38. The van der Waals surface area contributed by atoms with Crippen LogP contribution in [-0.2, 0) is 23.0 Å². The molecule has 0 amide bonds. The van der Waals surface area contributed by atoms with E-state index in [1.165, 1.54) is 14.2 Å². The molecule has 2 aromatic rings. The highest BCUT2D eigenvalue weighted by atomic mass is 16.5. The number of aromatic nitrogens is 1. The molecule has 1 aromatic heterocycles. The maximum Gasteiger partial charge on any atom is 0.305 e. The predicted molar refractivity (Wildman–Crippen MR) is 94.8 cm³/mol. The van der Waals surface area contributed by atoms with E-state index in [2.05, 4.69) is 0 Å². The van der Waals surface area contributed by atoms with Crippen molar-refractivity contribution in [3.8, 4) is 5.75 Å². The first kappa shape index (κ1) is 17.9. The van der Waals surface area contributed by atoms with Gasteiger partial charge in [-0.15, -0.1) is 0 Å². The molecule has 1 aliphatic carbocycles. The van der Waals surface area contributed by atoms with Gasteiger partial charge in [0, 0.05) is 24.6 Å². The molecule has 0 spiro atoms. The lowest BCUT2D eigenvalue weighted by Gasteiger charge is -2.15. The summed E-state index contributed by atoms with van der Waals surface area (Å²) in [6.45, 7) is 1.92. The van der Waals surface area contributed by atoms with Gasteiger partial charge in [0.1, 0.15) is 5.69 Å². The summed E-state index contributed by atoms with van der Waals surface area (Å²) in [5.41, 5.74) is 2.17. The third-order valence-corrected chi connectivity index (χ3v) is 4.81. The summed E-state index contributed by atoms with van der Waals surface area (Å²) in [4.78, 5) is 37.5. The second-order valence-electron chi connectivity index (χ2n) is 6.56. The van der Waals surface area contributed by atoms with Gasteiger partial charge in [-0.3, -0.25) is 14.4 Å². The van der Waals surface area contributed by atoms with Crippen LogP contribution >= 0.6 is 0 Å². The average molecular weight is 355 g/mol. The molecule has 0 bridgehead atoms. The van der Waals surface area contributed by atoms with Crippen molar-refractivity contribution in [2.45, 2.75) is 19.8 Å². The van der Waals surface area contributed by atoms with Gasteiger partial charge in [0.15, 0.2) is 11.5 Å². The molecule has 0 saturated heterocycles. The summed E-state index contributed by atoms with van der Waals surface area (Å²) >= 11 is 0. The molecule has 3 rings (SSSR count). The van der Waals surface area contributed by atoms with Gasteiger partial charge in [0.2, 0.25) is 5.78 Å². The Balaban J connectivity index is 2.09. The fraction of sp³-hybridized carbons (Fsp3) is 0.350. The van der Waals surface area contributed by atoms with E-state index in [1.54, 1.807) is 35.9 Å². The standard InChI is InChI=1S/C20H21NO5/c1-11(10-15(22)25-3)9-14-20(26-4)16-17(21(14)2)19(24)13-8-6-5-7-12(13)18(16)23/h5-8,11H,9-10H2,1-4H3. The maximum atomic E-state index is 13.0. The molecule has 6 heteroatoms. The van der Waals surface area contributed by atoms with E-state index in [4.69, 9.17) is 9.47 Å². The average Bonchev–Trinajstić information content (AvgIpc) is 2.91. The van der Waals surface area contributed by atoms with Crippen molar-refractivity contribution in [2.75, 3.05) is 14.2 Å². The first-order valence-corrected chi connectivity index (χ1v) is 8.41. The molecule has 26 heavy (non-hydrogen) atoms. The Bertz CT molecular complexity index is 909. The Morgan fingerprint density at radius 3 is 2.31 bits per heavy atom. The highest BCUT2D eigenvalue weighted by Gasteiger charge is 2.37. The van der Waals surface area contributed by atoms with E-state index in [1.807, 2.05) is 6.92 Å². The lowest BCUT2D eigenvalue weighted by Crippen LogP contribution is -2.22. The van der Waals surface area contributed by atoms with Gasteiger partial charge in [0.05, 0.1) is 25.5 Å². The zero-order valence-electron chi connectivity index (χ0n) is 15.3. The normalized spacial score (nSPS) is 13.8. The Kier molecular flexibility index (Phi) is 4.68. The first-order chi connectivity index (χ1) is 12.4. The Morgan fingerprint density at radius 1 is 1.12 bits per heavy atom. The zero-order valence-corrected chi connectivity index (χ0v) is 15.3. The maximum absolute atomic E-state index is 13.0. The number of fused-ring (bicyclic) bond motifs is 2. The number of rotatable bonds is 5. The minimum Gasteiger partial charge on any atom is -0.494 e. The highest BCUT2D eigenvalue weighted by molar-refractivity contribution is 6.29. The van der Waals surface area contributed by atoms with Gasteiger partial charge >= 0.3 is 5.97 Å². The topological polar surface area (TPSA) is 74.6 Å². The summed E-state index contributed by atoms with van der Waals surface area (Å²) < 4.78 is 12.0. The van der Waals surface area contributed by atoms with Gasteiger partial charge in [-0.1, -0.05) is 31.2 Å². The van der Waals surface area contributed by atoms with E-state index in [-0.39, 0.29) is 29.9 Å². The van der Waals surface area contributed by atoms with Crippen LogP contribution < -0.4 is 4.74 Å². The molecule has 1 aliphatic rings. The molecular formula is C20H21NO5. The van der Waals surface area contributed by atoms with Crippen molar-refractivity contribution in [3.63, 3.8) is 0 Å². The second kappa shape index (κ2) is 6.78. The summed E-state index contributed by atoms with van der Waals surface area (Å²) in [5.74, 6) is -0.321. The van der Waals surface area contributed by atoms with Crippen LogP contribution in [0.3, 0.4) is 0 Å². The van der Waals surface area contributed by atoms with Gasteiger partial charge in [-0.05, 0) is 12.3 Å². The first-order valence-electron chi connectivity index (χ1n) is 8.41. The zero-order chi connectivity index (χ0) is 19.0. The number of nitrogens with zero attached hydrogens (tertiary/aromatic N) is 1. The molecule has 6 nitrogen and oxygen atoms in total. The summed E-state index contributed by atoms with van der Waals surface area (Å²) in [7, 11) is 4.59. The molecule has 0 saturated carbocycles. The number of carbonyl (C=O) groups excluding carboxylic acids is 3. The molecule has 1 heterocycles. The van der Waals surface area contributed by atoms with Crippen molar-refractivity contribution in [2.24, 2.45) is 13.0 Å². The molecule has 1 atom stereocenters. The molecule has 1 unspecified atom stereocenters. The number of ether oxygens (including phenoxy) is 2. The molecule has 136 valence electrons. The lowest BCUT2D eigenvalue weighted by molar-refractivity contribution is -0.141. The SMILES string of the molecule is COC(=O)CC(C)Cc1c(OC)c2c(n1C)C(=O)c1ccccc1C2=O. The molecule has 0 aliphatic heterocycles. The van der Waals surface area contributed by atoms with Gasteiger partial charge in [-0.25, -0.2) is 0 Å². The van der Waals surface area contributed by atoms with Crippen LogP contribution in [0.15, 0.2) is 24.3 Å². The summed E-state index contributed by atoms with van der Waals surface area (Å²) in [6, 6.07) is 6.81. The molecule has 0 N–H and O–H groups in total. The van der Waals surface area contributed by atoms with Crippen LogP contribution in [0.25, 0.3) is 0 Å². The number of esters is 1. The summed E-state index contributed by atoms with van der Waals surface area (Å²) in [5, 5.41) is 0. The van der Waals surface area contributed by atoms with Crippen LogP contribution in [0, 0.1) is 5.92 Å². The van der Waals surface area contributed by atoms with Crippen molar-refractivity contribution >= 4 is 17.5 Å². The third kappa shape index (κ3) is 2.71. The Labute approximate surface area is 151 Å². The fourth-order valence-corrected chi connectivity index (χ4v) is 3.54. The van der Waals surface area contributed by atoms with E-state index >= 15 is 0 Å². The fourth-order valence-electron chi connectivity index (χ4n) is 3.54. The van der Waals surface area contributed by atoms with Crippen LogP contribution in [-0.4, -0.2) is 36.3 Å². The minimum absolute atomic E-state index is 0.0287. The van der Waals surface area contributed by atoms with E-state index in [0.29, 0.717) is 34.6 Å². The second-order valence-corrected chi connectivity index (χ2v) is 6.56. The number of benzene rings is 1. The van der Waals surface area contributed by atoms with Crippen LogP contribution in [0.4, 0.5) is 0 Å². The lowest BCUT2D eigenvalue weighted by atomic mass is 9.87. The molecule has 0 radical (unpaired) electrons. The molecule has 0 fully saturated rings. The van der Waals surface area contributed by atoms with E-state index in [0.717, 1.165) is 5.69 Å². The van der Waals surface area contributed by atoms with Crippen molar-refractivity contribution < 1.29 is 23.9 Å². The van der Waals surface area contributed by atoms with E-state index < -0.39 is 0 Å². The predicted octanol–water partition coefficient (Wildman–Crippen LogP) is 2.55. The Hall–Kier alpha value is -2.89.